The van der Waals surface area contributed by atoms with Crippen molar-refractivity contribution < 1.29 is 33.9 Å². The molecule has 1 aromatic heterocycles. The summed E-state index contributed by atoms with van der Waals surface area (Å²) in [4.78, 5) is 10.6. The minimum absolute atomic E-state index is 0.807. The SMILES string of the molecule is CN(C)C(O[SH]1C=Nc2cccnc21)=[N+](C)C.F[P-](F)(F)(F)(F)F. The second-order valence-corrected chi connectivity index (χ2v) is 8.44. The van der Waals surface area contributed by atoms with Crippen molar-refractivity contribution in [3.8, 4) is 0 Å². The number of hydrogen-bond acceptors (Lipinski definition) is 3. The van der Waals surface area contributed by atoms with Gasteiger partial charge in [-0.1, -0.05) is 0 Å². The van der Waals surface area contributed by atoms with Crippen LogP contribution in [0.15, 0.2) is 28.3 Å². The van der Waals surface area contributed by atoms with Gasteiger partial charge in [-0.15, -0.1) is 0 Å². The summed E-state index contributed by atoms with van der Waals surface area (Å²) in [7, 11) is -2.84. The van der Waals surface area contributed by atoms with Crippen LogP contribution in [0.2, 0.25) is 0 Å². The Bertz CT molecular complexity index is 661. The molecule has 1 atom stereocenters. The van der Waals surface area contributed by atoms with E-state index in [1.54, 1.807) is 6.20 Å². The van der Waals surface area contributed by atoms with Crippen molar-refractivity contribution in [2.24, 2.45) is 4.99 Å². The minimum atomic E-state index is -10.7. The first-order valence-electron chi connectivity index (χ1n) is 6.29. The van der Waals surface area contributed by atoms with E-state index in [1.807, 2.05) is 55.3 Å². The summed E-state index contributed by atoms with van der Waals surface area (Å²) in [6.45, 7) is 0. The van der Waals surface area contributed by atoms with Gasteiger partial charge in [0.15, 0.2) is 0 Å². The summed E-state index contributed by atoms with van der Waals surface area (Å²) in [5.74, 6) is 0. The molecule has 2 rings (SSSR count). The number of aliphatic imine (C=N–C) groups is 1. The van der Waals surface area contributed by atoms with Gasteiger partial charge >= 0.3 is 39.0 Å². The summed E-state index contributed by atoms with van der Waals surface area (Å²) in [6, 6.07) is 4.65. The number of amidine groups is 1. The molecule has 0 radical (unpaired) electrons. The van der Waals surface area contributed by atoms with E-state index in [4.69, 9.17) is 4.18 Å². The molecule has 0 amide bonds. The van der Waals surface area contributed by atoms with E-state index in [2.05, 4.69) is 9.98 Å². The summed E-state index contributed by atoms with van der Waals surface area (Å²) >= 11 is -0.888. The van der Waals surface area contributed by atoms with E-state index < -0.39 is 19.0 Å². The molecule has 0 N–H and O–H groups in total. The number of pyridine rings is 1. The number of fused-ring (bicyclic) bond motifs is 1. The van der Waals surface area contributed by atoms with Crippen LogP contribution in [0.4, 0.5) is 30.9 Å². The van der Waals surface area contributed by atoms with Crippen molar-refractivity contribution in [2.75, 3.05) is 28.2 Å². The van der Waals surface area contributed by atoms with Gasteiger partial charge in [0.1, 0.15) is 5.03 Å². The molecule has 1 aliphatic rings. The number of nitrogens with zero attached hydrogens (tertiary/aromatic N) is 4. The maximum atomic E-state index is 9.87. The Morgan fingerprint density at radius 2 is 1.71 bits per heavy atom. The van der Waals surface area contributed by atoms with Crippen LogP contribution in [0.1, 0.15) is 0 Å². The molecule has 0 saturated heterocycles. The van der Waals surface area contributed by atoms with Crippen molar-refractivity contribution in [1.29, 1.82) is 0 Å². The van der Waals surface area contributed by atoms with Crippen molar-refractivity contribution in [3.05, 3.63) is 18.3 Å². The zero-order valence-electron chi connectivity index (χ0n) is 13.2. The van der Waals surface area contributed by atoms with Gasteiger partial charge < -0.3 is 4.18 Å². The van der Waals surface area contributed by atoms with Crippen LogP contribution < -0.4 is 0 Å². The number of halogens is 6. The predicted octanol–water partition coefficient (Wildman–Crippen LogP) is 4.62. The molecule has 0 aliphatic carbocycles. The van der Waals surface area contributed by atoms with E-state index in [0.717, 1.165) is 16.7 Å². The third-order valence-electron chi connectivity index (χ3n) is 2.22. The van der Waals surface area contributed by atoms with E-state index in [1.165, 1.54) is 0 Å². The van der Waals surface area contributed by atoms with Crippen LogP contribution in [0.3, 0.4) is 0 Å². The first kappa shape index (κ1) is 20.5. The molecule has 140 valence electrons. The Morgan fingerprint density at radius 1 is 1.17 bits per heavy atom. The number of thiol groups is 1. The summed E-state index contributed by atoms with van der Waals surface area (Å²) in [5, 5.41) is 0.934. The van der Waals surface area contributed by atoms with Crippen LogP contribution in [-0.2, 0) is 4.18 Å². The monoisotopic (exact) mass is 398 g/mol. The van der Waals surface area contributed by atoms with Crippen LogP contribution in [0.5, 0.6) is 0 Å². The first-order chi connectivity index (χ1) is 10.5. The van der Waals surface area contributed by atoms with Gasteiger partial charge in [-0.25, -0.2) is 19.5 Å². The van der Waals surface area contributed by atoms with E-state index in [-0.39, 0.29) is 0 Å². The molecule has 1 aromatic rings. The van der Waals surface area contributed by atoms with Crippen LogP contribution in [-0.4, -0.2) is 54.2 Å². The molecule has 24 heavy (non-hydrogen) atoms. The molecular weight excluding hydrogens is 381 g/mol. The van der Waals surface area contributed by atoms with Crippen molar-refractivity contribution in [1.82, 2.24) is 9.88 Å². The Labute approximate surface area is 137 Å². The van der Waals surface area contributed by atoms with Gasteiger partial charge in [-0.05, 0) is 23.3 Å². The van der Waals surface area contributed by atoms with Crippen LogP contribution in [0, 0.1) is 0 Å². The molecule has 0 aromatic carbocycles. The van der Waals surface area contributed by atoms with E-state index in [0.29, 0.717) is 0 Å². The van der Waals surface area contributed by atoms with Gasteiger partial charge in [0.25, 0.3) is 0 Å². The number of rotatable bonds is 1. The van der Waals surface area contributed by atoms with E-state index >= 15 is 0 Å². The van der Waals surface area contributed by atoms with E-state index in [9.17, 15) is 25.2 Å². The quantitative estimate of drug-likeness (QED) is 0.187. The molecule has 2 heterocycles. The van der Waals surface area contributed by atoms with Gasteiger partial charge in [-0.3, -0.25) is 0 Å². The van der Waals surface area contributed by atoms with Gasteiger partial charge in [0.05, 0.1) is 39.4 Å². The molecule has 13 heteroatoms. The average molecular weight is 398 g/mol. The fraction of sp³-hybridized carbons (Fsp3) is 0.364. The first-order valence-corrected chi connectivity index (χ1v) is 9.64. The van der Waals surface area contributed by atoms with Crippen LogP contribution >= 0.6 is 19.0 Å². The molecular formula is C11H17F6N4OPS. The molecule has 0 saturated carbocycles. The number of hydrogen-bond donors (Lipinski definition) is 1. The van der Waals surface area contributed by atoms with Gasteiger partial charge in [-0.2, -0.15) is 0 Å². The topological polar surface area (TPSA) is 40.7 Å². The third kappa shape index (κ3) is 8.34. The second kappa shape index (κ2) is 6.07. The Morgan fingerprint density at radius 3 is 2.17 bits per heavy atom. The standard InChI is InChI=1S/C11H17N4OS.F6P/c1-14(2)11(15(3)4)16-17-8-13-9-6-5-7-12-10(9)17;1-7(2,3,4,5)6/h5-8,17H,1-4H3;/q+1;-1. The fourth-order valence-corrected chi connectivity index (χ4v) is 3.06. The Balaban J connectivity index is 0.000000351. The molecule has 1 aliphatic heterocycles. The molecule has 5 nitrogen and oxygen atoms in total. The Hall–Kier alpha value is -1.55. The summed E-state index contributed by atoms with van der Waals surface area (Å²) in [6.07, 6.45) is 1.78. The number of aromatic nitrogens is 1. The van der Waals surface area contributed by atoms with Gasteiger partial charge in [0.2, 0.25) is 0 Å². The zero-order valence-corrected chi connectivity index (χ0v) is 15.0. The maximum absolute atomic E-state index is 10.7. The third-order valence-corrected chi connectivity index (χ3v) is 3.67. The normalized spacial score (nSPS) is 20.0. The van der Waals surface area contributed by atoms with Gasteiger partial charge in [0, 0.05) is 6.20 Å². The zero-order chi connectivity index (χ0) is 18.8. The van der Waals surface area contributed by atoms with Crippen molar-refractivity contribution >= 4 is 36.2 Å². The second-order valence-electron chi connectivity index (χ2n) is 5.04. The molecule has 0 fully saturated rings. The Kier molecular flexibility index (Phi) is 5.18. The van der Waals surface area contributed by atoms with Crippen molar-refractivity contribution in [2.45, 2.75) is 5.03 Å². The predicted molar refractivity (Wildman–Crippen MR) is 85.1 cm³/mol. The average Bonchev–Trinajstić information content (AvgIpc) is 2.74. The molecule has 0 spiro atoms. The molecule has 1 unspecified atom stereocenters. The molecule has 0 bridgehead atoms. The van der Waals surface area contributed by atoms with Crippen molar-refractivity contribution in [3.63, 3.8) is 0 Å². The summed E-state index contributed by atoms with van der Waals surface area (Å²) in [5.41, 5.74) is 2.76. The van der Waals surface area contributed by atoms with Crippen LogP contribution in [0.25, 0.3) is 0 Å². The summed E-state index contributed by atoms with van der Waals surface area (Å²) < 4.78 is 67.1. The fourth-order valence-electron chi connectivity index (χ4n) is 1.55.